The number of imidazole rings is 1. The summed E-state index contributed by atoms with van der Waals surface area (Å²) in [6.07, 6.45) is -0.208. The second-order valence-electron chi connectivity index (χ2n) is 9.85. The summed E-state index contributed by atoms with van der Waals surface area (Å²) in [4.78, 5) is 24.4. The Balaban J connectivity index is 1.59. The van der Waals surface area contributed by atoms with Gasteiger partial charge in [-0.05, 0) is 39.8 Å². The van der Waals surface area contributed by atoms with Crippen LogP contribution in [0.25, 0.3) is 11.2 Å². The molecule has 0 bridgehead atoms. The van der Waals surface area contributed by atoms with Crippen molar-refractivity contribution in [1.29, 1.82) is 0 Å². The number of nitrogens with one attached hydrogen (secondary N) is 3. The van der Waals surface area contributed by atoms with Gasteiger partial charge in [0.15, 0.2) is 21.3 Å². The Hall–Kier alpha value is -3.65. The van der Waals surface area contributed by atoms with Gasteiger partial charge in [0.2, 0.25) is 0 Å². The number of hydrogen-bond acceptors (Lipinski definition) is 10. The van der Waals surface area contributed by atoms with E-state index >= 15 is 0 Å². The molecular formula is C25H26F2N8O2S2. The number of sulfone groups is 1. The molecule has 0 amide bonds. The van der Waals surface area contributed by atoms with E-state index in [-0.39, 0.29) is 38.8 Å². The smallest absolute Gasteiger partial charge is 0.295 e. The fraction of sp³-hybridized carbons (Fsp3) is 0.320. The van der Waals surface area contributed by atoms with Gasteiger partial charge in [-0.2, -0.15) is 0 Å². The van der Waals surface area contributed by atoms with Crippen LogP contribution in [0, 0.1) is 13.8 Å². The minimum absolute atomic E-state index is 0.0390. The molecular weight excluding hydrogens is 546 g/mol. The monoisotopic (exact) mass is 572 g/mol. The number of nitrogens with zero attached hydrogens (tertiary/aromatic N) is 5. The van der Waals surface area contributed by atoms with Gasteiger partial charge in [0.25, 0.3) is 6.43 Å². The van der Waals surface area contributed by atoms with E-state index in [4.69, 9.17) is 4.99 Å². The lowest BCUT2D eigenvalue weighted by Gasteiger charge is -2.14. The summed E-state index contributed by atoms with van der Waals surface area (Å²) in [6, 6.07) is 6.54. The molecule has 1 aliphatic heterocycles. The summed E-state index contributed by atoms with van der Waals surface area (Å²) in [6.45, 7) is 7.68. The number of halogens is 2. The van der Waals surface area contributed by atoms with Crippen LogP contribution in [0.5, 0.6) is 0 Å². The number of aliphatic imine (C=N–C) groups is 1. The lowest BCUT2D eigenvalue weighted by molar-refractivity contribution is 0.142. The summed E-state index contributed by atoms with van der Waals surface area (Å²) in [5.41, 5.74) is 2.68. The number of aromatic nitrogens is 5. The molecule has 10 nitrogen and oxygen atoms in total. The first-order chi connectivity index (χ1) is 18.3. The van der Waals surface area contributed by atoms with Crippen LogP contribution in [-0.2, 0) is 9.84 Å². The zero-order valence-electron chi connectivity index (χ0n) is 21.8. The normalized spacial score (nSPS) is 15.1. The zero-order chi connectivity index (χ0) is 28.1. The largest absolute Gasteiger partial charge is 0.352 e. The Morgan fingerprint density at radius 1 is 1.03 bits per heavy atom. The van der Waals surface area contributed by atoms with Crippen molar-refractivity contribution in [2.75, 3.05) is 22.6 Å². The van der Waals surface area contributed by atoms with Gasteiger partial charge >= 0.3 is 0 Å². The summed E-state index contributed by atoms with van der Waals surface area (Å²) in [7, 11) is -3.69. The molecule has 1 aromatic carbocycles. The number of H-pyrrole nitrogens is 1. The van der Waals surface area contributed by atoms with E-state index < -0.39 is 22.1 Å². The quantitative estimate of drug-likeness (QED) is 0.263. The molecule has 0 atom stereocenters. The number of pyridine rings is 1. The molecule has 0 unspecified atom stereocenters. The third kappa shape index (κ3) is 5.71. The molecule has 0 radical (unpaired) electrons. The van der Waals surface area contributed by atoms with Crippen LogP contribution in [-0.4, -0.2) is 55.9 Å². The predicted octanol–water partition coefficient (Wildman–Crippen LogP) is 5.47. The van der Waals surface area contributed by atoms with Crippen LogP contribution < -0.4 is 10.6 Å². The number of benzene rings is 1. The van der Waals surface area contributed by atoms with Crippen molar-refractivity contribution >= 4 is 60.8 Å². The summed E-state index contributed by atoms with van der Waals surface area (Å²) < 4.78 is 52.6. The number of fused-ring (bicyclic) bond motifs is 1. The molecule has 14 heteroatoms. The van der Waals surface area contributed by atoms with Gasteiger partial charge in [-0.25, -0.2) is 32.2 Å². The van der Waals surface area contributed by atoms with E-state index in [1.165, 1.54) is 6.20 Å². The highest BCUT2D eigenvalue weighted by molar-refractivity contribution is 8.14. The summed E-state index contributed by atoms with van der Waals surface area (Å²) in [5, 5.41) is 6.88. The maximum Gasteiger partial charge on any atom is 0.295 e. The minimum atomic E-state index is -3.69. The highest BCUT2D eigenvalue weighted by Crippen LogP contribution is 2.35. The number of rotatable bonds is 7. The molecule has 0 saturated heterocycles. The second-order valence-corrected chi connectivity index (χ2v) is 12.8. The zero-order valence-corrected chi connectivity index (χ0v) is 23.4. The molecule has 0 aliphatic carbocycles. The number of hydrogen-bond donors (Lipinski definition) is 3. The molecule has 204 valence electrons. The molecule has 0 spiro atoms. The van der Waals surface area contributed by atoms with Crippen molar-refractivity contribution in [1.82, 2.24) is 24.9 Å². The van der Waals surface area contributed by atoms with Gasteiger partial charge in [-0.3, -0.25) is 9.98 Å². The van der Waals surface area contributed by atoms with Crippen LogP contribution >= 0.6 is 11.8 Å². The maximum absolute atomic E-state index is 13.5. The van der Waals surface area contributed by atoms with Crippen LogP contribution in [0.15, 0.2) is 40.4 Å². The van der Waals surface area contributed by atoms with Crippen molar-refractivity contribution in [3.8, 4) is 0 Å². The molecule has 3 aromatic heterocycles. The number of anilines is 4. The molecule has 1 aliphatic rings. The Morgan fingerprint density at radius 2 is 1.79 bits per heavy atom. The Labute approximate surface area is 228 Å². The van der Waals surface area contributed by atoms with Crippen molar-refractivity contribution in [3.05, 3.63) is 53.2 Å². The number of aromatic amines is 1. The first-order valence-electron chi connectivity index (χ1n) is 11.9. The van der Waals surface area contributed by atoms with Crippen LogP contribution in [0.3, 0.4) is 0 Å². The lowest BCUT2D eigenvalue weighted by Crippen LogP contribution is -2.15. The fourth-order valence-corrected chi connectivity index (χ4v) is 5.97. The van der Waals surface area contributed by atoms with Gasteiger partial charge in [-0.1, -0.05) is 6.07 Å². The second kappa shape index (κ2) is 9.83. The maximum atomic E-state index is 13.5. The third-order valence-corrected chi connectivity index (χ3v) is 8.58. The van der Waals surface area contributed by atoms with E-state index in [1.807, 2.05) is 27.7 Å². The lowest BCUT2D eigenvalue weighted by atomic mass is 10.1. The molecule has 0 fully saturated rings. The van der Waals surface area contributed by atoms with Gasteiger partial charge in [0.1, 0.15) is 17.2 Å². The molecule has 0 saturated carbocycles. The average molecular weight is 573 g/mol. The van der Waals surface area contributed by atoms with Crippen LogP contribution in [0.2, 0.25) is 0 Å². The molecule has 5 rings (SSSR count). The van der Waals surface area contributed by atoms with E-state index in [1.54, 1.807) is 36.0 Å². The topological polar surface area (TPSA) is 138 Å². The average Bonchev–Trinajstić information content (AvgIpc) is 3.44. The van der Waals surface area contributed by atoms with E-state index in [0.29, 0.717) is 17.1 Å². The first kappa shape index (κ1) is 26.9. The Morgan fingerprint density at radius 3 is 2.44 bits per heavy atom. The highest BCUT2D eigenvalue weighted by Gasteiger charge is 2.27. The van der Waals surface area contributed by atoms with Gasteiger partial charge in [0, 0.05) is 23.6 Å². The van der Waals surface area contributed by atoms with Crippen LogP contribution in [0.1, 0.15) is 43.0 Å². The minimum Gasteiger partial charge on any atom is -0.352 e. The SMILES string of the molecule is Cc1ncc(Nc2cc(Nc3ccc(C4=NC(C)(C)CS4)cc3S(C)(=O)=O)c3nc(C(F)F)[nH]c3n2)nc1C. The molecule has 4 aromatic rings. The molecule has 3 N–H and O–H groups in total. The Kier molecular flexibility index (Phi) is 6.79. The summed E-state index contributed by atoms with van der Waals surface area (Å²) in [5.74, 6) is 0.908. The van der Waals surface area contributed by atoms with Crippen molar-refractivity contribution in [2.45, 2.75) is 44.6 Å². The molecule has 4 heterocycles. The number of alkyl halides is 2. The van der Waals surface area contributed by atoms with Crippen molar-refractivity contribution in [2.24, 2.45) is 4.99 Å². The van der Waals surface area contributed by atoms with E-state index in [2.05, 4.69) is 35.6 Å². The van der Waals surface area contributed by atoms with Crippen LogP contribution in [0.4, 0.5) is 31.8 Å². The van der Waals surface area contributed by atoms with E-state index in [0.717, 1.165) is 22.7 Å². The predicted molar refractivity (Wildman–Crippen MR) is 150 cm³/mol. The summed E-state index contributed by atoms with van der Waals surface area (Å²) >= 11 is 1.57. The fourth-order valence-electron chi connectivity index (χ4n) is 3.95. The molecule has 39 heavy (non-hydrogen) atoms. The first-order valence-corrected chi connectivity index (χ1v) is 14.8. The number of thioether (sulfide) groups is 1. The van der Waals surface area contributed by atoms with Gasteiger partial charge in [-0.15, -0.1) is 11.8 Å². The number of aryl methyl sites for hydroxylation is 2. The van der Waals surface area contributed by atoms with Gasteiger partial charge in [0.05, 0.1) is 44.4 Å². The van der Waals surface area contributed by atoms with Crippen molar-refractivity contribution in [3.63, 3.8) is 0 Å². The third-order valence-electron chi connectivity index (χ3n) is 5.99. The Bertz CT molecular complexity index is 1740. The van der Waals surface area contributed by atoms with Crippen molar-refractivity contribution < 1.29 is 17.2 Å². The van der Waals surface area contributed by atoms with E-state index in [9.17, 15) is 17.2 Å². The van der Waals surface area contributed by atoms with Gasteiger partial charge < -0.3 is 15.6 Å². The highest BCUT2D eigenvalue weighted by atomic mass is 32.2. The standard InChI is InChI=1S/C25H26F2N8O2S2/c1-12-13(2)29-19(10-28-12)31-18-9-16(20-22(32-18)34-23(33-20)21(26)27)30-15-7-6-14(8-17(15)39(5,36)37)24-35-25(3,4)11-38-24/h6-10,21H,11H2,1-5H3,(H3,29,30,31,32,33,34).